The molecule has 0 radical (unpaired) electrons. The highest BCUT2D eigenvalue weighted by Gasteiger charge is 2.13. The second-order valence-electron chi connectivity index (χ2n) is 4.73. The zero-order chi connectivity index (χ0) is 13.5. The Kier molecular flexibility index (Phi) is 5.55. The largest absolute Gasteiger partial charge is 0.309 e. The van der Waals surface area contributed by atoms with Crippen molar-refractivity contribution in [2.45, 2.75) is 39.2 Å². The lowest BCUT2D eigenvalue weighted by molar-refractivity contribution is 0.536. The number of pyridine rings is 1. The topological polar surface area (TPSA) is 24.9 Å². The summed E-state index contributed by atoms with van der Waals surface area (Å²) < 4.78 is 0. The summed E-state index contributed by atoms with van der Waals surface area (Å²) in [5.74, 6) is 0. The third-order valence-electron chi connectivity index (χ3n) is 3.18. The van der Waals surface area contributed by atoms with E-state index in [0.717, 1.165) is 25.8 Å². The van der Waals surface area contributed by atoms with E-state index in [0.29, 0.717) is 6.04 Å². The highest BCUT2D eigenvalue weighted by Crippen LogP contribution is 2.26. The Morgan fingerprint density at radius 2 is 2.16 bits per heavy atom. The lowest BCUT2D eigenvalue weighted by atomic mass is 10.1. The molecule has 102 valence electrons. The molecule has 0 amide bonds. The van der Waals surface area contributed by atoms with Gasteiger partial charge in [-0.15, -0.1) is 11.3 Å². The van der Waals surface area contributed by atoms with Gasteiger partial charge in [-0.3, -0.25) is 4.98 Å². The van der Waals surface area contributed by atoms with Gasteiger partial charge in [0.1, 0.15) is 0 Å². The summed E-state index contributed by atoms with van der Waals surface area (Å²) in [5.41, 5.74) is 1.29. The summed E-state index contributed by atoms with van der Waals surface area (Å²) in [6, 6.07) is 9.10. The quantitative estimate of drug-likeness (QED) is 0.826. The summed E-state index contributed by atoms with van der Waals surface area (Å²) in [7, 11) is 0. The van der Waals surface area contributed by atoms with Gasteiger partial charge in [-0.2, -0.15) is 0 Å². The predicted molar refractivity (Wildman–Crippen MR) is 82.7 cm³/mol. The fourth-order valence-electron chi connectivity index (χ4n) is 2.12. The molecule has 1 atom stereocenters. The average molecular weight is 274 g/mol. The van der Waals surface area contributed by atoms with Crippen LogP contribution in [0.3, 0.4) is 0 Å². The van der Waals surface area contributed by atoms with Crippen LogP contribution in [0.4, 0.5) is 0 Å². The molecule has 0 bridgehead atoms. The van der Waals surface area contributed by atoms with E-state index >= 15 is 0 Å². The normalized spacial score (nSPS) is 12.5. The Labute approximate surface area is 119 Å². The lowest BCUT2D eigenvalue weighted by Crippen LogP contribution is -2.23. The Balaban J connectivity index is 2.11. The van der Waals surface area contributed by atoms with Gasteiger partial charge in [-0.05, 0) is 49.6 Å². The minimum absolute atomic E-state index is 0.412. The molecule has 1 N–H and O–H groups in total. The second kappa shape index (κ2) is 7.41. The fourth-order valence-corrected chi connectivity index (χ4v) is 3.15. The molecule has 0 aliphatic carbocycles. The molecule has 2 heterocycles. The molecule has 0 saturated heterocycles. The predicted octanol–water partition coefficient (Wildman–Crippen LogP) is 3.99. The number of nitrogens with zero attached hydrogens (tertiary/aromatic N) is 1. The van der Waals surface area contributed by atoms with E-state index in [1.165, 1.54) is 15.3 Å². The van der Waals surface area contributed by atoms with E-state index < -0.39 is 0 Å². The molecule has 2 aromatic rings. The molecule has 0 spiro atoms. The maximum Gasteiger partial charge on any atom is 0.0456 e. The average Bonchev–Trinajstić information content (AvgIpc) is 2.93. The van der Waals surface area contributed by atoms with Crippen LogP contribution in [0.5, 0.6) is 0 Å². The molecular weight excluding hydrogens is 252 g/mol. The molecule has 0 aromatic carbocycles. The van der Waals surface area contributed by atoms with Gasteiger partial charge in [0.25, 0.3) is 0 Å². The molecule has 0 saturated carbocycles. The van der Waals surface area contributed by atoms with E-state index in [1.54, 1.807) is 0 Å². The van der Waals surface area contributed by atoms with Crippen LogP contribution in [0.2, 0.25) is 0 Å². The first-order valence-corrected chi connectivity index (χ1v) is 7.86. The first kappa shape index (κ1) is 14.2. The summed E-state index contributed by atoms with van der Waals surface area (Å²) in [6.07, 6.45) is 7.10. The molecule has 3 heteroatoms. The lowest BCUT2D eigenvalue weighted by Gasteiger charge is -2.17. The van der Waals surface area contributed by atoms with Gasteiger partial charge in [0, 0.05) is 28.2 Å². The summed E-state index contributed by atoms with van der Waals surface area (Å²) in [4.78, 5) is 7.11. The molecule has 0 aliphatic rings. The first-order valence-electron chi connectivity index (χ1n) is 7.04. The maximum atomic E-state index is 4.21. The Bertz CT molecular complexity index is 479. The molecule has 2 rings (SSSR count). The summed E-state index contributed by atoms with van der Waals surface area (Å²) >= 11 is 1.93. The summed E-state index contributed by atoms with van der Waals surface area (Å²) in [6.45, 7) is 5.48. The van der Waals surface area contributed by atoms with Gasteiger partial charge in [-0.1, -0.05) is 19.9 Å². The Hall–Kier alpha value is -1.19. The van der Waals surface area contributed by atoms with E-state index in [-0.39, 0.29) is 0 Å². The zero-order valence-electron chi connectivity index (χ0n) is 11.7. The number of hydrogen-bond acceptors (Lipinski definition) is 3. The third kappa shape index (κ3) is 4.15. The zero-order valence-corrected chi connectivity index (χ0v) is 12.5. The highest BCUT2D eigenvalue weighted by atomic mass is 32.1. The molecule has 19 heavy (non-hydrogen) atoms. The third-order valence-corrected chi connectivity index (χ3v) is 4.52. The summed E-state index contributed by atoms with van der Waals surface area (Å²) in [5, 5.41) is 3.65. The molecular formula is C16H22N2S. The van der Waals surface area contributed by atoms with Gasteiger partial charge >= 0.3 is 0 Å². The van der Waals surface area contributed by atoms with Crippen molar-refractivity contribution in [3.05, 3.63) is 52.0 Å². The maximum absolute atomic E-state index is 4.21. The van der Waals surface area contributed by atoms with Crippen LogP contribution in [0.1, 0.15) is 41.6 Å². The van der Waals surface area contributed by atoms with Crippen LogP contribution in [0.15, 0.2) is 36.7 Å². The van der Waals surface area contributed by atoms with E-state index in [9.17, 15) is 0 Å². The van der Waals surface area contributed by atoms with Crippen LogP contribution >= 0.6 is 11.3 Å². The number of aromatic nitrogens is 1. The van der Waals surface area contributed by atoms with Crippen molar-refractivity contribution in [3.63, 3.8) is 0 Å². The molecule has 0 fully saturated rings. The van der Waals surface area contributed by atoms with Crippen LogP contribution in [0.25, 0.3) is 0 Å². The minimum Gasteiger partial charge on any atom is -0.309 e. The van der Waals surface area contributed by atoms with E-state index in [1.807, 2.05) is 29.8 Å². The second-order valence-corrected chi connectivity index (χ2v) is 5.93. The highest BCUT2D eigenvalue weighted by molar-refractivity contribution is 7.12. The van der Waals surface area contributed by atoms with Crippen molar-refractivity contribution in [1.82, 2.24) is 10.3 Å². The molecule has 2 nitrogen and oxygen atoms in total. The number of nitrogens with one attached hydrogen (secondary N) is 1. The molecule has 0 aliphatic heterocycles. The van der Waals surface area contributed by atoms with E-state index in [2.05, 4.69) is 42.3 Å². The Morgan fingerprint density at radius 1 is 1.26 bits per heavy atom. The SMILES string of the molecule is CCCNC(Cc1cccnc1)c1ccc(CC)s1. The smallest absolute Gasteiger partial charge is 0.0456 e. The monoisotopic (exact) mass is 274 g/mol. The van der Waals surface area contributed by atoms with E-state index in [4.69, 9.17) is 0 Å². The molecule has 2 aromatic heterocycles. The number of aryl methyl sites for hydroxylation is 1. The van der Waals surface area contributed by atoms with Crippen LogP contribution in [0, 0.1) is 0 Å². The molecule has 1 unspecified atom stereocenters. The van der Waals surface area contributed by atoms with Crippen molar-refractivity contribution in [3.8, 4) is 0 Å². The fraction of sp³-hybridized carbons (Fsp3) is 0.438. The minimum atomic E-state index is 0.412. The van der Waals surface area contributed by atoms with Crippen LogP contribution in [-0.2, 0) is 12.8 Å². The van der Waals surface area contributed by atoms with Gasteiger partial charge in [0.15, 0.2) is 0 Å². The standard InChI is InChI=1S/C16H22N2S/c1-3-9-18-15(11-13-6-5-10-17-12-13)16-8-7-14(4-2)19-16/h5-8,10,12,15,18H,3-4,9,11H2,1-2H3. The van der Waals surface area contributed by atoms with Gasteiger partial charge in [0.2, 0.25) is 0 Å². The van der Waals surface area contributed by atoms with Crippen molar-refractivity contribution in [2.24, 2.45) is 0 Å². The van der Waals surface area contributed by atoms with Crippen molar-refractivity contribution < 1.29 is 0 Å². The van der Waals surface area contributed by atoms with Crippen molar-refractivity contribution in [1.29, 1.82) is 0 Å². The van der Waals surface area contributed by atoms with Gasteiger partial charge in [-0.25, -0.2) is 0 Å². The van der Waals surface area contributed by atoms with Crippen LogP contribution < -0.4 is 5.32 Å². The van der Waals surface area contributed by atoms with Crippen molar-refractivity contribution in [2.75, 3.05) is 6.54 Å². The Morgan fingerprint density at radius 3 is 2.79 bits per heavy atom. The van der Waals surface area contributed by atoms with Gasteiger partial charge < -0.3 is 5.32 Å². The number of hydrogen-bond donors (Lipinski definition) is 1. The first-order chi connectivity index (χ1) is 9.33. The number of rotatable bonds is 7. The van der Waals surface area contributed by atoms with Gasteiger partial charge in [0.05, 0.1) is 0 Å². The van der Waals surface area contributed by atoms with Crippen LogP contribution in [-0.4, -0.2) is 11.5 Å². The van der Waals surface area contributed by atoms with Crippen molar-refractivity contribution >= 4 is 11.3 Å². The number of thiophene rings is 1.